The summed E-state index contributed by atoms with van der Waals surface area (Å²) in [6, 6.07) is 11.9. The van der Waals surface area contributed by atoms with E-state index in [-0.39, 0.29) is 0 Å². The molecule has 0 saturated carbocycles. The first kappa shape index (κ1) is 16.9. The number of nitrogens with one attached hydrogen (secondary N) is 2. The van der Waals surface area contributed by atoms with Crippen molar-refractivity contribution in [3.63, 3.8) is 0 Å². The van der Waals surface area contributed by atoms with Crippen LogP contribution in [0.2, 0.25) is 0 Å². The van der Waals surface area contributed by atoms with Gasteiger partial charge in [-0.2, -0.15) is 0 Å². The zero-order chi connectivity index (χ0) is 16.3. The minimum absolute atomic E-state index is 0.682. The third kappa shape index (κ3) is 6.06. The van der Waals surface area contributed by atoms with Gasteiger partial charge < -0.3 is 19.8 Å². The molecule has 0 aliphatic heterocycles. The molecule has 0 radical (unpaired) electrons. The third-order valence-electron chi connectivity index (χ3n) is 3.43. The number of hydrogen-bond acceptors (Lipinski definition) is 3. The molecule has 2 N–H and O–H groups in total. The van der Waals surface area contributed by atoms with E-state index >= 15 is 0 Å². The summed E-state index contributed by atoms with van der Waals surface area (Å²) >= 11 is 0. The third-order valence-corrected chi connectivity index (χ3v) is 3.43. The highest BCUT2D eigenvalue weighted by Crippen LogP contribution is 2.15. The number of hydrogen-bond donors (Lipinski definition) is 2. The van der Waals surface area contributed by atoms with Crippen molar-refractivity contribution in [2.24, 2.45) is 4.99 Å². The molecule has 5 heteroatoms. The van der Waals surface area contributed by atoms with Gasteiger partial charge in [-0.15, -0.1) is 0 Å². The van der Waals surface area contributed by atoms with E-state index in [1.165, 1.54) is 0 Å². The highest BCUT2D eigenvalue weighted by Gasteiger charge is 2.00. The summed E-state index contributed by atoms with van der Waals surface area (Å²) in [5.74, 6) is 2.72. The number of benzene rings is 1. The molecule has 0 aliphatic rings. The Bertz CT molecular complexity index is 594. The van der Waals surface area contributed by atoms with E-state index in [9.17, 15) is 0 Å². The van der Waals surface area contributed by atoms with Crippen LogP contribution in [-0.4, -0.2) is 32.7 Å². The molecule has 2 rings (SSSR count). The molecule has 0 saturated heterocycles. The van der Waals surface area contributed by atoms with Crippen LogP contribution in [-0.2, 0) is 6.42 Å². The monoisotopic (exact) mass is 315 g/mol. The van der Waals surface area contributed by atoms with Crippen LogP contribution in [0.3, 0.4) is 0 Å². The van der Waals surface area contributed by atoms with Crippen molar-refractivity contribution in [3.05, 3.63) is 54.0 Å². The summed E-state index contributed by atoms with van der Waals surface area (Å²) in [7, 11) is 1.77. The molecule has 1 aromatic carbocycles. The maximum atomic E-state index is 5.77. The second-order valence-electron chi connectivity index (χ2n) is 5.22. The van der Waals surface area contributed by atoms with Crippen LogP contribution in [0.15, 0.2) is 52.1 Å². The van der Waals surface area contributed by atoms with Gasteiger partial charge in [0.15, 0.2) is 5.96 Å². The molecule has 2 aromatic rings. The van der Waals surface area contributed by atoms with Crippen LogP contribution >= 0.6 is 0 Å². The van der Waals surface area contributed by atoms with E-state index in [1.807, 2.05) is 30.3 Å². The molecule has 0 fully saturated rings. The van der Waals surface area contributed by atoms with Crippen LogP contribution in [0, 0.1) is 6.92 Å². The molecular formula is C18H25N3O2. The van der Waals surface area contributed by atoms with Crippen LogP contribution < -0.4 is 15.4 Å². The van der Waals surface area contributed by atoms with Crippen LogP contribution in [0.25, 0.3) is 0 Å². The molecule has 0 bridgehead atoms. The quantitative estimate of drug-likeness (QED) is 0.447. The van der Waals surface area contributed by atoms with Crippen LogP contribution in [0.1, 0.15) is 17.7 Å². The zero-order valence-electron chi connectivity index (χ0n) is 13.8. The van der Waals surface area contributed by atoms with Gasteiger partial charge in [0, 0.05) is 26.6 Å². The van der Waals surface area contributed by atoms with Crippen molar-refractivity contribution in [1.82, 2.24) is 10.6 Å². The lowest BCUT2D eigenvalue weighted by atomic mass is 10.2. The number of rotatable bonds is 8. The summed E-state index contributed by atoms with van der Waals surface area (Å²) in [4.78, 5) is 4.20. The van der Waals surface area contributed by atoms with Crippen molar-refractivity contribution in [2.45, 2.75) is 19.8 Å². The Labute approximate surface area is 137 Å². The number of nitrogens with zero attached hydrogens (tertiary/aromatic N) is 1. The predicted molar refractivity (Wildman–Crippen MR) is 93.1 cm³/mol. The van der Waals surface area contributed by atoms with Gasteiger partial charge in [-0.05, 0) is 37.1 Å². The number of guanidine groups is 1. The number of para-hydroxylation sites is 1. The summed E-state index contributed by atoms with van der Waals surface area (Å²) in [5.41, 5.74) is 1.16. The number of aliphatic imine (C=N–C) groups is 1. The molecular weight excluding hydrogens is 290 g/mol. The molecule has 23 heavy (non-hydrogen) atoms. The summed E-state index contributed by atoms with van der Waals surface area (Å²) in [6.07, 6.45) is 3.44. The standard InChI is InChI=1S/C18H25N3O2/c1-15-7-3-4-9-17(15)23-14-6-11-20-18(19-2)21-12-10-16-8-5-13-22-16/h3-5,7-9,13H,6,10-12,14H2,1-2H3,(H2,19,20,21). The molecule has 0 aliphatic carbocycles. The van der Waals surface area contributed by atoms with E-state index in [0.29, 0.717) is 6.61 Å². The SMILES string of the molecule is CN=C(NCCCOc1ccccc1C)NCCc1ccco1. The summed E-state index contributed by atoms with van der Waals surface area (Å²) < 4.78 is 11.1. The van der Waals surface area contributed by atoms with E-state index < -0.39 is 0 Å². The molecule has 0 atom stereocenters. The predicted octanol–water partition coefficient (Wildman–Crippen LogP) is 2.76. The average molecular weight is 315 g/mol. The molecule has 124 valence electrons. The van der Waals surface area contributed by atoms with Crippen LogP contribution in [0.4, 0.5) is 0 Å². The summed E-state index contributed by atoms with van der Waals surface area (Å²) in [6.45, 7) is 4.33. The average Bonchev–Trinajstić information content (AvgIpc) is 3.08. The van der Waals surface area contributed by atoms with Crippen molar-refractivity contribution in [2.75, 3.05) is 26.7 Å². The topological polar surface area (TPSA) is 58.8 Å². The minimum atomic E-state index is 0.682. The number of aryl methyl sites for hydroxylation is 1. The minimum Gasteiger partial charge on any atom is -0.493 e. The Hall–Kier alpha value is -2.43. The van der Waals surface area contributed by atoms with Gasteiger partial charge in [0.05, 0.1) is 12.9 Å². The molecule has 0 amide bonds. The Kier molecular flexibility index (Phi) is 7.04. The Balaban J connectivity index is 1.57. The van der Waals surface area contributed by atoms with Crippen molar-refractivity contribution < 1.29 is 9.15 Å². The molecule has 1 heterocycles. The van der Waals surface area contributed by atoms with Gasteiger partial charge in [0.25, 0.3) is 0 Å². The van der Waals surface area contributed by atoms with Gasteiger partial charge in [0.1, 0.15) is 11.5 Å². The van der Waals surface area contributed by atoms with Gasteiger partial charge >= 0.3 is 0 Å². The van der Waals surface area contributed by atoms with E-state index in [0.717, 1.165) is 49.0 Å². The largest absolute Gasteiger partial charge is 0.493 e. The van der Waals surface area contributed by atoms with E-state index in [1.54, 1.807) is 13.3 Å². The van der Waals surface area contributed by atoms with Crippen molar-refractivity contribution in [1.29, 1.82) is 0 Å². The Morgan fingerprint density at radius 1 is 1.13 bits per heavy atom. The fourth-order valence-electron chi connectivity index (χ4n) is 2.16. The Morgan fingerprint density at radius 3 is 2.70 bits per heavy atom. The molecule has 0 spiro atoms. The van der Waals surface area contributed by atoms with Gasteiger partial charge in [-0.25, -0.2) is 0 Å². The van der Waals surface area contributed by atoms with Gasteiger partial charge in [0.2, 0.25) is 0 Å². The number of ether oxygens (including phenoxy) is 1. The smallest absolute Gasteiger partial charge is 0.190 e. The van der Waals surface area contributed by atoms with Gasteiger partial charge in [-0.3, -0.25) is 4.99 Å². The van der Waals surface area contributed by atoms with Crippen molar-refractivity contribution in [3.8, 4) is 5.75 Å². The highest BCUT2D eigenvalue weighted by atomic mass is 16.5. The lowest BCUT2D eigenvalue weighted by Crippen LogP contribution is -2.39. The highest BCUT2D eigenvalue weighted by molar-refractivity contribution is 5.79. The second kappa shape index (κ2) is 9.56. The van der Waals surface area contributed by atoms with E-state index in [4.69, 9.17) is 9.15 Å². The first-order valence-corrected chi connectivity index (χ1v) is 7.95. The lowest BCUT2D eigenvalue weighted by Gasteiger charge is -2.12. The normalized spacial score (nSPS) is 11.3. The number of furan rings is 1. The lowest BCUT2D eigenvalue weighted by molar-refractivity contribution is 0.309. The summed E-state index contributed by atoms with van der Waals surface area (Å²) in [5, 5.41) is 6.54. The first-order valence-electron chi connectivity index (χ1n) is 7.95. The molecule has 1 aromatic heterocycles. The first-order chi connectivity index (χ1) is 11.3. The zero-order valence-corrected chi connectivity index (χ0v) is 13.8. The van der Waals surface area contributed by atoms with Crippen molar-refractivity contribution >= 4 is 5.96 Å². The van der Waals surface area contributed by atoms with Gasteiger partial charge in [-0.1, -0.05) is 18.2 Å². The van der Waals surface area contributed by atoms with Crippen LogP contribution in [0.5, 0.6) is 5.75 Å². The fraction of sp³-hybridized carbons (Fsp3) is 0.389. The fourth-order valence-corrected chi connectivity index (χ4v) is 2.16. The second-order valence-corrected chi connectivity index (χ2v) is 5.22. The van der Waals surface area contributed by atoms with E-state index in [2.05, 4.69) is 28.6 Å². The maximum absolute atomic E-state index is 5.77. The molecule has 0 unspecified atom stereocenters. The maximum Gasteiger partial charge on any atom is 0.190 e. The molecule has 5 nitrogen and oxygen atoms in total. The Morgan fingerprint density at radius 2 is 1.96 bits per heavy atom.